The van der Waals surface area contributed by atoms with Gasteiger partial charge in [0.15, 0.2) is 0 Å². The molecule has 9 heteroatoms. The number of amides is 1. The first-order chi connectivity index (χ1) is 13.6. The molecular weight excluding hydrogens is 405 g/mol. The predicted octanol–water partition coefficient (Wildman–Crippen LogP) is 4.59. The Bertz CT molecular complexity index is 1060. The number of nitrogens with zero attached hydrogens (tertiary/aromatic N) is 1. The lowest BCUT2D eigenvalue weighted by atomic mass is 10.1. The summed E-state index contributed by atoms with van der Waals surface area (Å²) in [5.74, 6) is -1.19. The minimum Gasteiger partial charge on any atom is -0.457 e. The molecule has 0 bridgehead atoms. The fourth-order valence-electron chi connectivity index (χ4n) is 2.54. The number of carbonyl (C=O) groups is 2. The second kappa shape index (κ2) is 8.04. The van der Waals surface area contributed by atoms with E-state index in [2.05, 4.69) is 4.98 Å². The normalized spacial score (nSPS) is 11.3. The number of esters is 1. The molecule has 1 heterocycles. The maximum absolute atomic E-state index is 12.7. The van der Waals surface area contributed by atoms with Crippen LogP contribution in [-0.4, -0.2) is 16.9 Å². The molecule has 0 fully saturated rings. The van der Waals surface area contributed by atoms with Crippen LogP contribution in [0.1, 0.15) is 36.9 Å². The molecule has 29 heavy (non-hydrogen) atoms. The van der Waals surface area contributed by atoms with E-state index in [-0.39, 0.29) is 11.5 Å². The van der Waals surface area contributed by atoms with Crippen LogP contribution in [0.5, 0.6) is 0 Å². The zero-order valence-electron chi connectivity index (χ0n) is 15.1. The summed E-state index contributed by atoms with van der Waals surface area (Å²) < 4.78 is 43.3. The van der Waals surface area contributed by atoms with E-state index < -0.39 is 23.6 Å². The highest BCUT2D eigenvalue weighted by Gasteiger charge is 2.30. The summed E-state index contributed by atoms with van der Waals surface area (Å²) in [4.78, 5) is 28.1. The molecule has 150 valence electrons. The van der Waals surface area contributed by atoms with Crippen molar-refractivity contribution in [3.63, 3.8) is 0 Å². The number of nitrogens with two attached hydrogens (primary N) is 1. The van der Waals surface area contributed by atoms with Crippen LogP contribution in [0.25, 0.3) is 10.6 Å². The lowest BCUT2D eigenvalue weighted by Crippen LogP contribution is -2.11. The third-order valence-electron chi connectivity index (χ3n) is 4.02. The topological polar surface area (TPSA) is 82.3 Å². The van der Waals surface area contributed by atoms with Gasteiger partial charge in [0.1, 0.15) is 16.5 Å². The lowest BCUT2D eigenvalue weighted by molar-refractivity contribution is -0.137. The van der Waals surface area contributed by atoms with Crippen molar-refractivity contribution in [1.29, 1.82) is 0 Å². The Balaban J connectivity index is 1.73. The van der Waals surface area contributed by atoms with Gasteiger partial charge in [0.25, 0.3) is 0 Å². The molecule has 1 amide bonds. The number of alkyl halides is 3. The molecule has 3 aromatic rings. The van der Waals surface area contributed by atoms with Gasteiger partial charge in [0, 0.05) is 11.1 Å². The summed E-state index contributed by atoms with van der Waals surface area (Å²) in [5, 5.41) is 0.416. The van der Waals surface area contributed by atoms with Gasteiger partial charge in [-0.05, 0) is 36.8 Å². The van der Waals surface area contributed by atoms with Gasteiger partial charge in [-0.15, -0.1) is 11.3 Å². The van der Waals surface area contributed by atoms with Crippen molar-refractivity contribution in [1.82, 2.24) is 4.98 Å². The average Bonchev–Trinajstić information content (AvgIpc) is 3.07. The van der Waals surface area contributed by atoms with Crippen molar-refractivity contribution in [3.05, 3.63) is 75.8 Å². The van der Waals surface area contributed by atoms with Crippen LogP contribution in [0.3, 0.4) is 0 Å². The second-order valence-corrected chi connectivity index (χ2v) is 7.15. The molecule has 0 aliphatic heterocycles. The molecule has 3 rings (SSSR count). The van der Waals surface area contributed by atoms with Crippen LogP contribution in [0.15, 0.2) is 48.5 Å². The first-order valence-electron chi connectivity index (χ1n) is 8.36. The Labute approximate surface area is 168 Å². The highest BCUT2D eigenvalue weighted by atomic mass is 32.1. The monoisotopic (exact) mass is 420 g/mol. The van der Waals surface area contributed by atoms with E-state index in [1.54, 1.807) is 25.1 Å². The number of halogens is 3. The highest BCUT2D eigenvalue weighted by Crippen LogP contribution is 2.33. The van der Waals surface area contributed by atoms with Gasteiger partial charge >= 0.3 is 12.1 Å². The molecule has 2 N–H and O–H groups in total. The molecule has 0 atom stereocenters. The maximum Gasteiger partial charge on any atom is 0.416 e. The van der Waals surface area contributed by atoms with Crippen LogP contribution in [0.4, 0.5) is 13.2 Å². The van der Waals surface area contributed by atoms with Crippen molar-refractivity contribution >= 4 is 23.2 Å². The fourth-order valence-corrected chi connectivity index (χ4v) is 3.51. The summed E-state index contributed by atoms with van der Waals surface area (Å²) in [6, 6.07) is 11.0. The van der Waals surface area contributed by atoms with E-state index in [0.29, 0.717) is 27.4 Å². The molecule has 0 aliphatic carbocycles. The number of hydrogen-bond acceptors (Lipinski definition) is 5. The summed E-state index contributed by atoms with van der Waals surface area (Å²) >= 11 is 1.04. The highest BCUT2D eigenvalue weighted by molar-refractivity contribution is 7.17. The molecule has 0 radical (unpaired) electrons. The van der Waals surface area contributed by atoms with Crippen molar-refractivity contribution in [2.75, 3.05) is 0 Å². The van der Waals surface area contributed by atoms with Crippen LogP contribution >= 0.6 is 11.3 Å². The number of carbonyl (C=O) groups excluding carboxylic acids is 2. The molecule has 0 aliphatic rings. The van der Waals surface area contributed by atoms with Crippen LogP contribution in [-0.2, 0) is 17.5 Å². The van der Waals surface area contributed by atoms with Crippen molar-refractivity contribution in [2.45, 2.75) is 19.7 Å². The van der Waals surface area contributed by atoms with Gasteiger partial charge in [-0.2, -0.15) is 13.2 Å². The van der Waals surface area contributed by atoms with E-state index in [4.69, 9.17) is 10.5 Å². The summed E-state index contributed by atoms with van der Waals surface area (Å²) in [6.45, 7) is 1.56. The first kappa shape index (κ1) is 20.5. The predicted molar refractivity (Wildman–Crippen MR) is 101 cm³/mol. The SMILES string of the molecule is Cc1nc(-c2ccc(C(F)(F)F)cc2)sc1C(=O)OCc1cccc(C(N)=O)c1. The van der Waals surface area contributed by atoms with Crippen molar-refractivity contribution in [2.24, 2.45) is 5.73 Å². The van der Waals surface area contributed by atoms with E-state index in [9.17, 15) is 22.8 Å². The quantitative estimate of drug-likeness (QED) is 0.612. The number of aromatic nitrogens is 1. The molecule has 0 saturated carbocycles. The Morgan fingerprint density at radius 3 is 2.45 bits per heavy atom. The first-order valence-corrected chi connectivity index (χ1v) is 9.17. The third-order valence-corrected chi connectivity index (χ3v) is 5.21. The van der Waals surface area contributed by atoms with Crippen LogP contribution in [0, 0.1) is 6.92 Å². The average molecular weight is 420 g/mol. The molecule has 2 aromatic carbocycles. The third kappa shape index (κ3) is 4.80. The smallest absolute Gasteiger partial charge is 0.416 e. The molecule has 1 aromatic heterocycles. The van der Waals surface area contributed by atoms with Crippen molar-refractivity contribution in [3.8, 4) is 10.6 Å². The van der Waals surface area contributed by atoms with Gasteiger partial charge in [0.2, 0.25) is 5.91 Å². The number of benzene rings is 2. The second-order valence-electron chi connectivity index (χ2n) is 6.15. The summed E-state index contributed by atoms with van der Waals surface area (Å²) in [5.41, 5.74) is 6.26. The molecule has 0 unspecified atom stereocenters. The van der Waals surface area contributed by atoms with Gasteiger partial charge in [-0.25, -0.2) is 9.78 Å². The summed E-state index contributed by atoms with van der Waals surface area (Å²) in [6.07, 6.45) is -4.42. The van der Waals surface area contributed by atoms with E-state index in [1.165, 1.54) is 18.2 Å². The fraction of sp³-hybridized carbons (Fsp3) is 0.150. The van der Waals surface area contributed by atoms with Crippen LogP contribution in [0.2, 0.25) is 0 Å². The zero-order valence-corrected chi connectivity index (χ0v) is 15.9. The number of ether oxygens (including phenoxy) is 1. The molecule has 5 nitrogen and oxygen atoms in total. The number of primary amides is 1. The van der Waals surface area contributed by atoms with E-state index in [1.807, 2.05) is 0 Å². The van der Waals surface area contributed by atoms with Crippen LogP contribution < -0.4 is 5.73 Å². The molecular formula is C20H15F3N2O3S. The Morgan fingerprint density at radius 1 is 1.14 bits per heavy atom. The number of aryl methyl sites for hydroxylation is 1. The Morgan fingerprint density at radius 2 is 1.83 bits per heavy atom. The minimum atomic E-state index is -4.42. The molecule has 0 saturated heterocycles. The number of hydrogen-bond donors (Lipinski definition) is 1. The van der Waals surface area contributed by atoms with Gasteiger partial charge in [-0.3, -0.25) is 4.79 Å². The zero-order chi connectivity index (χ0) is 21.2. The van der Waals surface area contributed by atoms with Gasteiger partial charge in [0.05, 0.1) is 11.3 Å². The Kier molecular flexibility index (Phi) is 5.69. The summed E-state index contributed by atoms with van der Waals surface area (Å²) in [7, 11) is 0. The largest absolute Gasteiger partial charge is 0.457 e. The molecule has 0 spiro atoms. The minimum absolute atomic E-state index is 0.0626. The van der Waals surface area contributed by atoms with E-state index >= 15 is 0 Å². The maximum atomic E-state index is 12.7. The standard InChI is InChI=1S/C20H15F3N2O3S/c1-11-16(19(27)28-10-12-3-2-4-14(9-12)17(24)26)29-18(25-11)13-5-7-15(8-6-13)20(21,22)23/h2-9H,10H2,1H3,(H2,24,26). The Hall–Kier alpha value is -3.20. The van der Waals surface area contributed by atoms with Gasteiger partial charge < -0.3 is 10.5 Å². The van der Waals surface area contributed by atoms with Gasteiger partial charge in [-0.1, -0.05) is 24.3 Å². The lowest BCUT2D eigenvalue weighted by Gasteiger charge is -2.06. The van der Waals surface area contributed by atoms with E-state index in [0.717, 1.165) is 23.5 Å². The van der Waals surface area contributed by atoms with Crippen molar-refractivity contribution < 1.29 is 27.5 Å². The number of thiazole rings is 1. The number of rotatable bonds is 5.